The quantitative estimate of drug-likeness (QED) is 0.0101. The number of rotatable bonds is 22. The number of carbonyl (C=O) groups is 8. The minimum Gasteiger partial charge on any atom is -0.691 e. The van der Waals surface area contributed by atoms with E-state index in [1.165, 1.54) is 62.7 Å². The van der Waals surface area contributed by atoms with E-state index in [9.17, 15) is 84.5 Å². The van der Waals surface area contributed by atoms with Gasteiger partial charge in [0.1, 0.15) is 59.2 Å². The van der Waals surface area contributed by atoms with Crippen molar-refractivity contribution in [2.45, 2.75) is 151 Å². The van der Waals surface area contributed by atoms with Crippen LogP contribution in [0, 0.1) is 5.92 Å². The Bertz CT molecular complexity index is 3560. The number of imidazole rings is 1. The number of ether oxygens (including phenoxy) is 1. The first kappa shape index (κ1) is 76.6. The predicted molar refractivity (Wildman–Crippen MR) is 340 cm³/mol. The van der Waals surface area contributed by atoms with Crippen LogP contribution in [0.25, 0.3) is 26.8 Å². The number of unbranched alkanes of at least 4 members (excludes halogenated alkanes) is 2. The van der Waals surface area contributed by atoms with Crippen molar-refractivity contribution in [2.24, 2.45) is 11.7 Å². The summed E-state index contributed by atoms with van der Waals surface area (Å²) in [5, 5.41) is 121. The molecule has 4 aliphatic rings. The van der Waals surface area contributed by atoms with E-state index in [1.54, 1.807) is 22.8 Å². The molecule has 2 aromatic heterocycles. The van der Waals surface area contributed by atoms with Crippen molar-refractivity contribution in [1.29, 1.82) is 0 Å². The van der Waals surface area contributed by atoms with Gasteiger partial charge in [-0.25, -0.2) is 9.50 Å². The number of likely N-dealkylation sites (tertiary alicyclic amines) is 1. The number of amides is 8. The van der Waals surface area contributed by atoms with Gasteiger partial charge in [0.25, 0.3) is 18.2 Å². The molecule has 0 aliphatic carbocycles. The molecule has 0 spiro atoms. The first-order valence-electron chi connectivity index (χ1n) is 31.6. The van der Waals surface area contributed by atoms with Crippen molar-refractivity contribution in [2.75, 3.05) is 45.9 Å². The van der Waals surface area contributed by atoms with E-state index in [2.05, 4.69) is 40.9 Å². The molecule has 0 bridgehead atoms. The molecule has 0 radical (unpaired) electrons. The second kappa shape index (κ2) is 35.2. The number of piperidine rings is 1. The molecule has 33 nitrogen and oxygen atoms in total. The number of phenolic OH excluding ortho intramolecular Hbond substituents is 1. The molecule has 3 aromatic carbocycles. The van der Waals surface area contributed by atoms with Gasteiger partial charge in [0.2, 0.25) is 46.3 Å². The molecule has 8 amide bonds. The number of hydrogen-bond acceptors (Lipinski definition) is 26. The zero-order valence-electron chi connectivity index (χ0n) is 53.8. The summed E-state index contributed by atoms with van der Waals surface area (Å²) in [5.41, 5.74) is 6.97. The molecule has 14 unspecified atom stereocenters. The third-order valence-corrected chi connectivity index (χ3v) is 18.7. The number of β-amino-alcohol motifs (C(OH)–C–C–N with tert-alkyl or cyclic N) is 1. The maximum atomic E-state index is 14.7. The fourth-order valence-electron chi connectivity index (χ4n) is 12.1. The standard InChI is InChI=1S/C62H80N12O21S2.Na/c1-31-28-73-50(51(31)81)58(88)64-27-37(76)24-40(65-54(84)34-11-9-33(10-12-34)41-30-74-62(66-41)96-59(70-74)35-13-16-39(17-14-35)92-22-8-4-7-21-71-19-5-3-6-20-71)55(85)67-47(32(2)75)60(89)72-29-38(77)25-42(72)56(86)69-49(57(87)68-48(61(73)90)44(79)26-46(63)80)53(83)52(82)36-15-18-43(78)45(23-36)93-97-95-94-91;/h9-18,23,30-32,37-38,40,42,44,47-53,75-79,81-83,91H,3-8,19-22,24-29H2,1-2H3,(H2,63,80)(H,64,88)(H,65,84)(H,67,85)(H,68,87)(H,69,86);/q;+1/p-1. The largest absolute Gasteiger partial charge is 1.00 e. The summed E-state index contributed by atoms with van der Waals surface area (Å²) in [4.78, 5) is 123. The van der Waals surface area contributed by atoms with E-state index in [4.69, 9.17) is 24.7 Å². The monoisotopic (exact) mass is 1410 g/mol. The number of phenols is 1. The van der Waals surface area contributed by atoms with Gasteiger partial charge in [-0.1, -0.05) is 42.9 Å². The van der Waals surface area contributed by atoms with Crippen molar-refractivity contribution < 1.29 is 132 Å². The summed E-state index contributed by atoms with van der Waals surface area (Å²) < 4.78 is 16.7. The fourth-order valence-corrected chi connectivity index (χ4v) is 13.2. The topological polar surface area (TPSA) is 484 Å². The summed E-state index contributed by atoms with van der Waals surface area (Å²) in [6, 6.07) is 4.28. The molecule has 36 heteroatoms. The molecule has 4 saturated heterocycles. The molecule has 6 heterocycles. The van der Waals surface area contributed by atoms with Gasteiger partial charge in [-0.2, -0.15) is 5.10 Å². The van der Waals surface area contributed by atoms with Gasteiger partial charge < -0.3 is 102 Å². The normalized spacial score (nSPS) is 25.3. The third kappa shape index (κ3) is 19.2. The Morgan fingerprint density at radius 2 is 1.49 bits per heavy atom. The van der Waals surface area contributed by atoms with E-state index < -0.39 is 183 Å². The van der Waals surface area contributed by atoms with Crippen LogP contribution in [0.5, 0.6) is 17.2 Å². The van der Waals surface area contributed by atoms with Crippen LogP contribution in [-0.4, -0.2) is 236 Å². The molecular formula is C62H79N12NaO21S2. The molecule has 526 valence electrons. The Kier molecular flexibility index (Phi) is 27.5. The number of fused-ring (bicyclic) bond motifs is 3. The third-order valence-electron chi connectivity index (χ3n) is 17.4. The average molecular weight is 1420 g/mol. The zero-order valence-corrected chi connectivity index (χ0v) is 57.4. The molecule has 98 heavy (non-hydrogen) atoms. The van der Waals surface area contributed by atoms with Gasteiger partial charge in [0.05, 0.1) is 55.4 Å². The van der Waals surface area contributed by atoms with Crippen molar-refractivity contribution in [3.63, 3.8) is 0 Å². The number of aromatic nitrogens is 3. The van der Waals surface area contributed by atoms with Crippen LogP contribution in [0.4, 0.5) is 0 Å². The summed E-state index contributed by atoms with van der Waals surface area (Å²) in [6.45, 7) is 4.82. The number of benzene rings is 3. The first-order chi connectivity index (χ1) is 46.4. The second-order valence-corrected chi connectivity index (χ2v) is 25.9. The molecule has 15 N–H and O–H groups in total. The summed E-state index contributed by atoms with van der Waals surface area (Å²) in [6.07, 6.45) is -7.39. The maximum Gasteiger partial charge on any atom is 1.00 e. The van der Waals surface area contributed by atoms with E-state index >= 15 is 0 Å². The van der Waals surface area contributed by atoms with Gasteiger partial charge >= 0.3 is 29.6 Å². The Balaban J connectivity index is 0.0000122. The number of nitrogens with two attached hydrogens (primary N) is 1. The molecule has 14 atom stereocenters. The minimum absolute atomic E-state index is 0. The Hall–Kier alpha value is -7.17. The van der Waals surface area contributed by atoms with E-state index in [-0.39, 0.29) is 53.0 Å². The Morgan fingerprint density at radius 3 is 2.17 bits per heavy atom. The van der Waals surface area contributed by atoms with Gasteiger partial charge in [-0.15, -0.1) is 4.33 Å². The maximum absolute atomic E-state index is 14.7. The van der Waals surface area contributed by atoms with Crippen LogP contribution in [0.2, 0.25) is 0 Å². The molecule has 5 aromatic rings. The van der Waals surface area contributed by atoms with Crippen molar-refractivity contribution >= 4 is 75.9 Å². The summed E-state index contributed by atoms with van der Waals surface area (Å²) in [7, 11) is 0. The number of nitrogens with one attached hydrogen (secondary N) is 5. The van der Waals surface area contributed by atoms with Crippen molar-refractivity contribution in [3.05, 3.63) is 84.1 Å². The molecule has 9 rings (SSSR count). The van der Waals surface area contributed by atoms with Gasteiger partial charge in [0.15, 0.2) is 11.5 Å². The SMILES string of the molecule is CC(O)C1NC(=O)C(NC(=O)c2ccc(-c3cn4nc(-c5ccc(OCCCCCN6CCCCC6)cc5)sc4n3)cc2)CC(O)CNC(=O)C2C(O)C(C)CN2C(=O)C(C(O)CC(N)=O)NC(=O)C(C(O)C(O)c2ccc(O)c(OSOO[O-])c2)NC(=O)C2CC(O)CN2C1=O.[Na+]. The minimum atomic E-state index is -2.54. The summed E-state index contributed by atoms with van der Waals surface area (Å²) >= 11 is 1.27. The first-order valence-corrected chi connectivity index (χ1v) is 33.1. The number of carbonyl (C=O) groups excluding carboxylic acids is 8. The van der Waals surface area contributed by atoms with Crippen LogP contribution >= 0.6 is 23.7 Å². The van der Waals surface area contributed by atoms with Crippen LogP contribution in [0.3, 0.4) is 0 Å². The smallest absolute Gasteiger partial charge is 0.691 e. The molecule has 4 fully saturated rings. The number of nitrogens with zero attached hydrogens (tertiary/aromatic N) is 6. The molecular weight excluding hydrogens is 1340 g/mol. The number of aromatic hydroxyl groups is 1. The number of aliphatic hydroxyl groups is 7. The zero-order chi connectivity index (χ0) is 69.8. The van der Waals surface area contributed by atoms with E-state index in [1.807, 2.05) is 24.3 Å². The second-order valence-electron chi connectivity index (χ2n) is 24.5. The van der Waals surface area contributed by atoms with Crippen molar-refractivity contribution in [3.8, 4) is 39.1 Å². The summed E-state index contributed by atoms with van der Waals surface area (Å²) in [5.74, 6) is -11.2. The number of aliphatic hydroxyl groups excluding tert-OH is 7. The van der Waals surface area contributed by atoms with Gasteiger partial charge in [-0.05, 0) is 113 Å². The van der Waals surface area contributed by atoms with Crippen molar-refractivity contribution in [1.82, 2.24) is 55.9 Å². The number of hydrogen-bond donors (Lipinski definition) is 14. The van der Waals surface area contributed by atoms with Crippen LogP contribution < -0.4 is 76.1 Å². The van der Waals surface area contributed by atoms with Crippen LogP contribution in [0.1, 0.15) is 93.7 Å². The van der Waals surface area contributed by atoms with E-state index in [0.717, 1.165) is 72.0 Å². The predicted octanol–water partition coefficient (Wildman–Crippen LogP) is -5.65. The fraction of sp³-hybridized carbons (Fsp3) is 0.516. The molecule has 0 saturated carbocycles. The Morgan fingerprint density at radius 1 is 0.806 bits per heavy atom. The van der Waals surface area contributed by atoms with Crippen LogP contribution in [0.15, 0.2) is 72.9 Å². The average Bonchev–Trinajstić information content (AvgIpc) is 1.56. The van der Waals surface area contributed by atoms with E-state index in [0.29, 0.717) is 27.8 Å². The number of primary amides is 1. The molecule has 4 aliphatic heterocycles. The van der Waals surface area contributed by atoms with Gasteiger partial charge in [0, 0.05) is 55.1 Å². The Labute approximate surface area is 591 Å². The van der Waals surface area contributed by atoms with Gasteiger partial charge in [-0.3, -0.25) is 43.4 Å². The van der Waals surface area contributed by atoms with Crippen LogP contribution in [-0.2, 0) is 42.9 Å².